The summed E-state index contributed by atoms with van der Waals surface area (Å²) >= 11 is 0. The van der Waals surface area contributed by atoms with Crippen LogP contribution < -0.4 is 15.4 Å². The molecule has 23 heavy (non-hydrogen) atoms. The molecule has 0 bridgehead atoms. The van der Waals surface area contributed by atoms with Crippen molar-refractivity contribution in [1.82, 2.24) is 10.3 Å². The number of H-pyrrole nitrogens is 1. The predicted octanol–water partition coefficient (Wildman–Crippen LogP) is 1.65. The number of ether oxygens (including phenoxy) is 1. The van der Waals surface area contributed by atoms with E-state index in [0.29, 0.717) is 22.8 Å². The van der Waals surface area contributed by atoms with E-state index in [4.69, 9.17) is 10.00 Å². The normalized spacial score (nSPS) is 9.74. The molecule has 2 amide bonds. The van der Waals surface area contributed by atoms with E-state index in [1.165, 1.54) is 6.07 Å². The fourth-order valence-corrected chi connectivity index (χ4v) is 1.81. The van der Waals surface area contributed by atoms with Crippen LogP contribution in [0.15, 0.2) is 36.4 Å². The molecular formula is C16H16N4O3. The summed E-state index contributed by atoms with van der Waals surface area (Å²) in [5.41, 5.74) is 1.24. The Labute approximate surface area is 133 Å². The molecule has 0 fully saturated rings. The highest BCUT2D eigenvalue weighted by Crippen LogP contribution is 2.16. The van der Waals surface area contributed by atoms with Gasteiger partial charge in [-0.3, -0.25) is 9.59 Å². The van der Waals surface area contributed by atoms with Crippen molar-refractivity contribution in [2.75, 3.05) is 19.0 Å². The maximum Gasteiger partial charge on any atom is 0.272 e. The number of anilines is 1. The highest BCUT2D eigenvalue weighted by Gasteiger charge is 2.08. The second-order valence-corrected chi connectivity index (χ2v) is 4.65. The van der Waals surface area contributed by atoms with E-state index in [1.54, 1.807) is 37.4 Å². The Morgan fingerprint density at radius 3 is 2.57 bits per heavy atom. The number of rotatable bonds is 6. The molecule has 0 aliphatic carbocycles. The molecule has 1 heterocycles. The van der Waals surface area contributed by atoms with E-state index >= 15 is 0 Å². The van der Waals surface area contributed by atoms with Crippen molar-refractivity contribution < 1.29 is 14.3 Å². The zero-order valence-electron chi connectivity index (χ0n) is 12.6. The van der Waals surface area contributed by atoms with Gasteiger partial charge in [0.2, 0.25) is 5.91 Å². The minimum atomic E-state index is -0.334. The Balaban J connectivity index is 1.88. The Morgan fingerprint density at radius 1 is 1.22 bits per heavy atom. The number of nitriles is 1. The van der Waals surface area contributed by atoms with Gasteiger partial charge in [0.1, 0.15) is 23.2 Å². The molecule has 0 saturated heterocycles. The van der Waals surface area contributed by atoms with Gasteiger partial charge < -0.3 is 20.4 Å². The van der Waals surface area contributed by atoms with Crippen molar-refractivity contribution in [1.29, 1.82) is 5.26 Å². The first kappa shape index (κ1) is 16.1. The van der Waals surface area contributed by atoms with Gasteiger partial charge in [-0.05, 0) is 36.4 Å². The average Bonchev–Trinajstić information content (AvgIpc) is 3.05. The van der Waals surface area contributed by atoms with Crippen LogP contribution in [0.4, 0.5) is 5.69 Å². The molecule has 1 aromatic heterocycles. The number of aromatic nitrogens is 1. The van der Waals surface area contributed by atoms with Gasteiger partial charge >= 0.3 is 0 Å². The Hall–Kier alpha value is -3.27. The molecule has 3 N–H and O–H groups in total. The van der Waals surface area contributed by atoms with Gasteiger partial charge in [0, 0.05) is 12.7 Å². The van der Waals surface area contributed by atoms with Crippen LogP contribution >= 0.6 is 0 Å². The third kappa shape index (κ3) is 4.61. The summed E-state index contributed by atoms with van der Waals surface area (Å²) in [5.74, 6) is 0.190. The summed E-state index contributed by atoms with van der Waals surface area (Å²) in [5, 5.41) is 13.9. The molecule has 0 spiro atoms. The quantitative estimate of drug-likeness (QED) is 0.754. The zero-order valence-corrected chi connectivity index (χ0v) is 12.6. The van der Waals surface area contributed by atoms with Crippen molar-refractivity contribution in [3.63, 3.8) is 0 Å². The summed E-state index contributed by atoms with van der Waals surface area (Å²) in [6.07, 6.45) is 0.281. The van der Waals surface area contributed by atoms with Crippen LogP contribution in [0, 0.1) is 11.3 Å². The fourth-order valence-electron chi connectivity index (χ4n) is 1.81. The van der Waals surface area contributed by atoms with Crippen molar-refractivity contribution >= 4 is 17.5 Å². The largest absolute Gasteiger partial charge is 0.493 e. The van der Waals surface area contributed by atoms with E-state index in [2.05, 4.69) is 15.6 Å². The number of hydrogen-bond donors (Lipinski definition) is 3. The van der Waals surface area contributed by atoms with Crippen LogP contribution in [0.25, 0.3) is 0 Å². The molecule has 1 aromatic carbocycles. The molecule has 0 atom stereocenters. The third-order valence-electron chi connectivity index (χ3n) is 3.04. The molecule has 0 aliphatic heterocycles. The fraction of sp³-hybridized carbons (Fsp3) is 0.188. The van der Waals surface area contributed by atoms with Crippen LogP contribution in [0.1, 0.15) is 22.6 Å². The number of hydrogen-bond acceptors (Lipinski definition) is 4. The standard InChI is InChI=1S/C16H16N4O3/c1-18-15(21)8-9-23-13-5-2-11(3-6-13)20-16(22)14-7-4-12(10-17)19-14/h2-7,19H,8-9H2,1H3,(H,18,21)(H,20,22). The van der Waals surface area contributed by atoms with Gasteiger partial charge in [-0.1, -0.05) is 0 Å². The highest BCUT2D eigenvalue weighted by atomic mass is 16.5. The van der Waals surface area contributed by atoms with Gasteiger partial charge in [0.15, 0.2) is 0 Å². The SMILES string of the molecule is CNC(=O)CCOc1ccc(NC(=O)c2ccc(C#N)[nH]2)cc1. The summed E-state index contributed by atoms with van der Waals surface area (Å²) in [6, 6.07) is 11.8. The number of carbonyl (C=O) groups is 2. The molecule has 0 radical (unpaired) electrons. The van der Waals surface area contributed by atoms with Crippen LogP contribution in [0.2, 0.25) is 0 Å². The molecule has 0 aliphatic rings. The summed E-state index contributed by atoms with van der Waals surface area (Å²) < 4.78 is 5.43. The molecule has 7 nitrogen and oxygen atoms in total. The number of benzene rings is 1. The van der Waals surface area contributed by atoms with E-state index in [9.17, 15) is 9.59 Å². The smallest absolute Gasteiger partial charge is 0.272 e. The molecule has 0 unspecified atom stereocenters. The van der Waals surface area contributed by atoms with Crippen LogP contribution in [-0.4, -0.2) is 30.5 Å². The lowest BCUT2D eigenvalue weighted by molar-refractivity contribution is -0.121. The summed E-state index contributed by atoms with van der Waals surface area (Å²) in [6.45, 7) is 0.283. The third-order valence-corrected chi connectivity index (χ3v) is 3.04. The number of nitrogens with zero attached hydrogens (tertiary/aromatic N) is 1. The Morgan fingerprint density at radius 2 is 1.96 bits per heavy atom. The number of nitrogens with one attached hydrogen (secondary N) is 3. The Kier molecular flexibility index (Phi) is 5.36. The number of aromatic amines is 1. The molecule has 7 heteroatoms. The first-order valence-electron chi connectivity index (χ1n) is 6.96. The topological polar surface area (TPSA) is 107 Å². The minimum Gasteiger partial charge on any atom is -0.493 e. The summed E-state index contributed by atoms with van der Waals surface area (Å²) in [4.78, 5) is 25.8. The molecule has 118 valence electrons. The van der Waals surface area contributed by atoms with Crippen LogP contribution in [0.3, 0.4) is 0 Å². The zero-order chi connectivity index (χ0) is 16.7. The van der Waals surface area contributed by atoms with Gasteiger partial charge in [-0.15, -0.1) is 0 Å². The van der Waals surface area contributed by atoms with Gasteiger partial charge in [0.05, 0.1) is 13.0 Å². The maximum absolute atomic E-state index is 12.0. The lowest BCUT2D eigenvalue weighted by Gasteiger charge is -2.07. The first-order chi connectivity index (χ1) is 11.1. The van der Waals surface area contributed by atoms with E-state index < -0.39 is 0 Å². The second-order valence-electron chi connectivity index (χ2n) is 4.65. The van der Waals surface area contributed by atoms with Crippen molar-refractivity contribution in [2.24, 2.45) is 0 Å². The molecule has 2 rings (SSSR count). The lowest BCUT2D eigenvalue weighted by atomic mass is 10.3. The molecule has 0 saturated carbocycles. The van der Waals surface area contributed by atoms with E-state index in [-0.39, 0.29) is 24.8 Å². The number of amides is 2. The monoisotopic (exact) mass is 312 g/mol. The lowest BCUT2D eigenvalue weighted by Crippen LogP contribution is -2.20. The van der Waals surface area contributed by atoms with E-state index in [0.717, 1.165) is 0 Å². The van der Waals surface area contributed by atoms with Crippen molar-refractivity contribution in [3.8, 4) is 11.8 Å². The predicted molar refractivity (Wildman–Crippen MR) is 84.1 cm³/mol. The maximum atomic E-state index is 12.0. The van der Waals surface area contributed by atoms with Crippen LogP contribution in [-0.2, 0) is 4.79 Å². The minimum absolute atomic E-state index is 0.0865. The molecule has 2 aromatic rings. The number of carbonyl (C=O) groups excluding carboxylic acids is 2. The average molecular weight is 312 g/mol. The van der Waals surface area contributed by atoms with Gasteiger partial charge in [-0.2, -0.15) is 5.26 Å². The first-order valence-corrected chi connectivity index (χ1v) is 6.96. The van der Waals surface area contributed by atoms with Gasteiger partial charge in [-0.25, -0.2) is 0 Å². The van der Waals surface area contributed by atoms with Crippen LogP contribution in [0.5, 0.6) is 5.75 Å². The van der Waals surface area contributed by atoms with Crippen molar-refractivity contribution in [3.05, 3.63) is 47.8 Å². The van der Waals surface area contributed by atoms with Crippen molar-refractivity contribution in [2.45, 2.75) is 6.42 Å². The summed E-state index contributed by atoms with van der Waals surface area (Å²) in [7, 11) is 1.57. The highest BCUT2D eigenvalue weighted by molar-refractivity contribution is 6.03. The molecular weight excluding hydrogens is 296 g/mol. The second kappa shape index (κ2) is 7.66. The Bertz CT molecular complexity index is 729. The van der Waals surface area contributed by atoms with Gasteiger partial charge in [0.25, 0.3) is 5.91 Å². The van der Waals surface area contributed by atoms with E-state index in [1.807, 2.05) is 6.07 Å².